The SMILES string of the molecule is CCCCN(C)C(=O)C1(C(=O)N2CCCCCC2)CC1. The van der Waals surface area contributed by atoms with E-state index in [0.29, 0.717) is 0 Å². The first kappa shape index (κ1) is 15.3. The second kappa shape index (κ2) is 6.59. The molecule has 2 aliphatic rings. The molecule has 1 aliphatic carbocycles. The molecule has 114 valence electrons. The lowest BCUT2D eigenvalue weighted by Crippen LogP contribution is -2.46. The Morgan fingerprint density at radius 3 is 2.20 bits per heavy atom. The first-order valence-electron chi connectivity index (χ1n) is 8.17. The molecule has 0 atom stereocenters. The molecule has 1 heterocycles. The number of hydrogen-bond acceptors (Lipinski definition) is 2. The number of amides is 2. The minimum atomic E-state index is -0.688. The maximum atomic E-state index is 12.7. The Kier molecular flexibility index (Phi) is 5.06. The van der Waals surface area contributed by atoms with Crippen LogP contribution >= 0.6 is 0 Å². The summed E-state index contributed by atoms with van der Waals surface area (Å²) in [4.78, 5) is 29.0. The van der Waals surface area contributed by atoms with E-state index in [0.717, 1.165) is 58.2 Å². The van der Waals surface area contributed by atoms with Gasteiger partial charge in [0.2, 0.25) is 11.8 Å². The molecule has 0 bridgehead atoms. The topological polar surface area (TPSA) is 40.6 Å². The lowest BCUT2D eigenvalue weighted by atomic mass is 10.0. The third-order valence-corrected chi connectivity index (χ3v) is 4.66. The van der Waals surface area contributed by atoms with Gasteiger partial charge in [-0.1, -0.05) is 26.2 Å². The van der Waals surface area contributed by atoms with Crippen LogP contribution in [0.15, 0.2) is 0 Å². The van der Waals surface area contributed by atoms with E-state index >= 15 is 0 Å². The van der Waals surface area contributed by atoms with Crippen LogP contribution in [0.3, 0.4) is 0 Å². The summed E-state index contributed by atoms with van der Waals surface area (Å²) in [6.07, 6.45) is 8.17. The highest BCUT2D eigenvalue weighted by Crippen LogP contribution is 2.49. The third kappa shape index (κ3) is 3.15. The van der Waals surface area contributed by atoms with Gasteiger partial charge in [-0.15, -0.1) is 0 Å². The summed E-state index contributed by atoms with van der Waals surface area (Å²) in [5.41, 5.74) is -0.688. The molecule has 2 fully saturated rings. The highest BCUT2D eigenvalue weighted by Gasteiger charge is 2.58. The van der Waals surface area contributed by atoms with Crippen molar-refractivity contribution in [2.45, 2.75) is 58.3 Å². The summed E-state index contributed by atoms with van der Waals surface area (Å²) < 4.78 is 0. The van der Waals surface area contributed by atoms with Gasteiger partial charge in [0, 0.05) is 26.7 Å². The van der Waals surface area contributed by atoms with Crippen LogP contribution in [0.1, 0.15) is 58.3 Å². The number of carbonyl (C=O) groups excluding carboxylic acids is 2. The van der Waals surface area contributed by atoms with Gasteiger partial charge in [0.05, 0.1) is 0 Å². The second-order valence-electron chi connectivity index (χ2n) is 6.37. The average molecular weight is 280 g/mol. The van der Waals surface area contributed by atoms with Gasteiger partial charge in [0.15, 0.2) is 0 Å². The van der Waals surface area contributed by atoms with E-state index in [1.807, 2.05) is 11.9 Å². The molecular weight excluding hydrogens is 252 g/mol. The molecule has 0 aromatic rings. The van der Waals surface area contributed by atoms with Crippen LogP contribution in [0.4, 0.5) is 0 Å². The summed E-state index contributed by atoms with van der Waals surface area (Å²) in [7, 11) is 1.84. The van der Waals surface area contributed by atoms with Crippen LogP contribution in [-0.4, -0.2) is 48.3 Å². The smallest absolute Gasteiger partial charge is 0.238 e. The molecule has 0 unspecified atom stereocenters. The van der Waals surface area contributed by atoms with E-state index in [9.17, 15) is 9.59 Å². The van der Waals surface area contributed by atoms with E-state index in [-0.39, 0.29) is 11.8 Å². The highest BCUT2D eigenvalue weighted by atomic mass is 16.2. The minimum absolute atomic E-state index is 0.0557. The number of likely N-dealkylation sites (tertiary alicyclic amines) is 1. The molecule has 0 aromatic carbocycles. The molecular formula is C16H28N2O2. The fraction of sp³-hybridized carbons (Fsp3) is 0.875. The van der Waals surface area contributed by atoms with Crippen molar-refractivity contribution >= 4 is 11.8 Å². The maximum absolute atomic E-state index is 12.7. The molecule has 1 saturated heterocycles. The molecule has 4 nitrogen and oxygen atoms in total. The molecule has 0 N–H and O–H groups in total. The number of carbonyl (C=O) groups is 2. The molecule has 2 amide bonds. The predicted molar refractivity (Wildman–Crippen MR) is 79.3 cm³/mol. The van der Waals surface area contributed by atoms with E-state index in [4.69, 9.17) is 0 Å². The Balaban J connectivity index is 1.98. The number of unbranched alkanes of at least 4 members (excludes halogenated alkanes) is 1. The van der Waals surface area contributed by atoms with Crippen molar-refractivity contribution in [2.24, 2.45) is 5.41 Å². The zero-order chi connectivity index (χ0) is 14.6. The standard InChI is InChI=1S/C16H28N2O2/c1-3-4-11-17(2)14(19)16(9-10-16)15(20)18-12-7-5-6-8-13-18/h3-13H2,1-2H3. The quantitative estimate of drug-likeness (QED) is 0.726. The van der Waals surface area contributed by atoms with Crippen LogP contribution in [0, 0.1) is 5.41 Å². The largest absolute Gasteiger partial charge is 0.345 e. The first-order valence-corrected chi connectivity index (χ1v) is 8.17. The van der Waals surface area contributed by atoms with Crippen molar-refractivity contribution in [1.29, 1.82) is 0 Å². The summed E-state index contributed by atoms with van der Waals surface area (Å²) in [5, 5.41) is 0. The van der Waals surface area contributed by atoms with E-state index in [1.165, 1.54) is 12.8 Å². The summed E-state index contributed by atoms with van der Waals surface area (Å²) in [6.45, 7) is 4.57. The summed E-state index contributed by atoms with van der Waals surface area (Å²) in [6, 6.07) is 0. The van der Waals surface area contributed by atoms with Crippen molar-refractivity contribution in [2.75, 3.05) is 26.7 Å². The molecule has 1 saturated carbocycles. The normalized spacial score (nSPS) is 21.2. The van der Waals surface area contributed by atoms with Crippen molar-refractivity contribution in [1.82, 2.24) is 9.80 Å². The number of nitrogens with zero attached hydrogens (tertiary/aromatic N) is 2. The van der Waals surface area contributed by atoms with Gasteiger partial charge in [-0.3, -0.25) is 9.59 Å². The molecule has 4 heteroatoms. The average Bonchev–Trinajstić information content (AvgIpc) is 3.27. The lowest BCUT2D eigenvalue weighted by molar-refractivity contribution is -0.148. The third-order valence-electron chi connectivity index (χ3n) is 4.66. The fourth-order valence-corrected chi connectivity index (χ4v) is 3.08. The van der Waals surface area contributed by atoms with Gasteiger partial charge < -0.3 is 9.80 Å². The van der Waals surface area contributed by atoms with Crippen LogP contribution in [0.25, 0.3) is 0 Å². The predicted octanol–water partition coefficient (Wildman–Crippen LogP) is 2.43. The van der Waals surface area contributed by atoms with Crippen molar-refractivity contribution < 1.29 is 9.59 Å². The first-order chi connectivity index (χ1) is 9.62. The zero-order valence-electron chi connectivity index (χ0n) is 13.0. The zero-order valence-corrected chi connectivity index (χ0v) is 13.0. The van der Waals surface area contributed by atoms with E-state index in [2.05, 4.69) is 6.92 Å². The van der Waals surface area contributed by atoms with Crippen LogP contribution in [0.2, 0.25) is 0 Å². The van der Waals surface area contributed by atoms with Crippen molar-refractivity contribution in [3.63, 3.8) is 0 Å². The van der Waals surface area contributed by atoms with Gasteiger partial charge in [0.1, 0.15) is 5.41 Å². The fourth-order valence-electron chi connectivity index (χ4n) is 3.08. The van der Waals surface area contributed by atoms with Gasteiger partial charge in [-0.25, -0.2) is 0 Å². The highest BCUT2D eigenvalue weighted by molar-refractivity contribution is 6.07. The molecule has 0 spiro atoms. The molecule has 20 heavy (non-hydrogen) atoms. The lowest BCUT2D eigenvalue weighted by Gasteiger charge is -2.28. The monoisotopic (exact) mass is 280 g/mol. The summed E-state index contributed by atoms with van der Waals surface area (Å²) >= 11 is 0. The van der Waals surface area contributed by atoms with Gasteiger partial charge >= 0.3 is 0 Å². The van der Waals surface area contributed by atoms with E-state index in [1.54, 1.807) is 4.90 Å². The van der Waals surface area contributed by atoms with Gasteiger partial charge in [-0.05, 0) is 32.1 Å². The Morgan fingerprint density at radius 2 is 1.70 bits per heavy atom. The van der Waals surface area contributed by atoms with Gasteiger partial charge in [0.25, 0.3) is 0 Å². The van der Waals surface area contributed by atoms with Crippen molar-refractivity contribution in [3.05, 3.63) is 0 Å². The number of hydrogen-bond donors (Lipinski definition) is 0. The maximum Gasteiger partial charge on any atom is 0.238 e. The Hall–Kier alpha value is -1.06. The van der Waals surface area contributed by atoms with Gasteiger partial charge in [-0.2, -0.15) is 0 Å². The molecule has 1 aliphatic heterocycles. The second-order valence-corrected chi connectivity index (χ2v) is 6.37. The Labute approximate surface area is 122 Å². The van der Waals surface area contributed by atoms with Crippen LogP contribution < -0.4 is 0 Å². The molecule has 2 rings (SSSR count). The van der Waals surface area contributed by atoms with Crippen molar-refractivity contribution in [3.8, 4) is 0 Å². The summed E-state index contributed by atoms with van der Waals surface area (Å²) in [5.74, 6) is 0.160. The molecule has 0 radical (unpaired) electrons. The van der Waals surface area contributed by atoms with E-state index < -0.39 is 5.41 Å². The Morgan fingerprint density at radius 1 is 1.10 bits per heavy atom. The molecule has 0 aromatic heterocycles. The van der Waals surface area contributed by atoms with Crippen LogP contribution in [-0.2, 0) is 9.59 Å². The minimum Gasteiger partial charge on any atom is -0.345 e. The Bertz CT molecular complexity index is 355. The van der Waals surface area contributed by atoms with Crippen LogP contribution in [0.5, 0.6) is 0 Å². The number of rotatable bonds is 5.